The van der Waals surface area contributed by atoms with Crippen molar-refractivity contribution in [1.82, 2.24) is 9.97 Å². The summed E-state index contributed by atoms with van der Waals surface area (Å²) in [7, 11) is 1.33. The molecule has 0 aliphatic rings. The highest BCUT2D eigenvalue weighted by molar-refractivity contribution is 7.80. The summed E-state index contributed by atoms with van der Waals surface area (Å²) in [5, 5.41) is 2.93. The summed E-state index contributed by atoms with van der Waals surface area (Å²) in [6, 6.07) is 10.0. The van der Waals surface area contributed by atoms with Gasteiger partial charge in [0.15, 0.2) is 6.04 Å². The molecule has 0 radical (unpaired) electrons. The topological polar surface area (TPSA) is 90.1 Å². The van der Waals surface area contributed by atoms with Gasteiger partial charge >= 0.3 is 5.97 Å². The van der Waals surface area contributed by atoms with Crippen LogP contribution in [-0.4, -0.2) is 28.0 Å². The van der Waals surface area contributed by atoms with Gasteiger partial charge in [0.2, 0.25) is 5.95 Å². The maximum absolute atomic E-state index is 11.9. The number of thiocarbonyl (C=S) groups is 1. The number of anilines is 1. The molecule has 0 aliphatic carbocycles. The first-order chi connectivity index (χ1) is 10.1. The minimum absolute atomic E-state index is 0.162. The third-order valence-electron chi connectivity index (χ3n) is 2.75. The highest BCUT2D eigenvalue weighted by atomic mass is 32.1. The normalized spacial score (nSPS) is 11.5. The van der Waals surface area contributed by atoms with Gasteiger partial charge in [-0.3, -0.25) is 0 Å². The fraction of sp³-hybridized carbons (Fsp3) is 0.143. The lowest BCUT2D eigenvalue weighted by Crippen LogP contribution is -2.24. The molecular formula is C14H14N4O2S. The zero-order valence-corrected chi connectivity index (χ0v) is 12.1. The van der Waals surface area contributed by atoms with Crippen LogP contribution in [0.4, 0.5) is 5.95 Å². The van der Waals surface area contributed by atoms with Gasteiger partial charge < -0.3 is 15.8 Å². The SMILES string of the molecule is COC(=O)C(Nc1nccc(C(N)=S)n1)c1ccccc1. The molecule has 0 saturated heterocycles. The van der Waals surface area contributed by atoms with E-state index >= 15 is 0 Å². The molecule has 0 amide bonds. The van der Waals surface area contributed by atoms with Crippen molar-refractivity contribution in [2.75, 3.05) is 12.4 Å². The molecule has 0 aliphatic heterocycles. The van der Waals surface area contributed by atoms with Gasteiger partial charge in [0.05, 0.1) is 7.11 Å². The van der Waals surface area contributed by atoms with E-state index < -0.39 is 12.0 Å². The Morgan fingerprint density at radius 1 is 1.33 bits per heavy atom. The molecule has 108 valence electrons. The average molecular weight is 302 g/mol. The van der Waals surface area contributed by atoms with Crippen LogP contribution >= 0.6 is 12.2 Å². The number of benzene rings is 1. The lowest BCUT2D eigenvalue weighted by Gasteiger charge is -2.16. The van der Waals surface area contributed by atoms with Gasteiger partial charge in [-0.1, -0.05) is 42.5 Å². The second kappa shape index (κ2) is 6.76. The van der Waals surface area contributed by atoms with E-state index in [1.54, 1.807) is 6.07 Å². The first kappa shape index (κ1) is 14.9. The number of aromatic nitrogens is 2. The molecule has 7 heteroatoms. The molecule has 21 heavy (non-hydrogen) atoms. The predicted molar refractivity (Wildman–Crippen MR) is 82.7 cm³/mol. The number of carbonyl (C=O) groups is 1. The third kappa shape index (κ3) is 3.73. The number of hydrogen-bond acceptors (Lipinski definition) is 6. The molecule has 6 nitrogen and oxygen atoms in total. The smallest absolute Gasteiger partial charge is 0.333 e. The lowest BCUT2D eigenvalue weighted by molar-refractivity contribution is -0.141. The largest absolute Gasteiger partial charge is 0.467 e. The van der Waals surface area contributed by atoms with E-state index in [0.717, 1.165) is 5.56 Å². The minimum Gasteiger partial charge on any atom is -0.467 e. The molecule has 1 heterocycles. The fourth-order valence-electron chi connectivity index (χ4n) is 1.74. The zero-order chi connectivity index (χ0) is 15.2. The van der Waals surface area contributed by atoms with E-state index in [0.29, 0.717) is 5.69 Å². The van der Waals surface area contributed by atoms with Crippen LogP contribution in [0, 0.1) is 0 Å². The van der Waals surface area contributed by atoms with Gasteiger partial charge in [-0.25, -0.2) is 14.8 Å². The van der Waals surface area contributed by atoms with Crippen molar-refractivity contribution in [2.24, 2.45) is 5.73 Å². The number of rotatable bonds is 5. The van der Waals surface area contributed by atoms with E-state index in [1.807, 2.05) is 30.3 Å². The Kier molecular flexibility index (Phi) is 4.78. The van der Waals surface area contributed by atoms with Crippen LogP contribution < -0.4 is 11.1 Å². The van der Waals surface area contributed by atoms with E-state index in [-0.39, 0.29) is 10.9 Å². The molecule has 3 N–H and O–H groups in total. The number of nitrogens with one attached hydrogen (secondary N) is 1. The number of carbonyl (C=O) groups excluding carboxylic acids is 1. The maximum atomic E-state index is 11.9. The van der Waals surface area contributed by atoms with Crippen LogP contribution in [0.2, 0.25) is 0 Å². The standard InChI is InChI=1S/C14H14N4O2S/c1-20-13(19)11(9-5-3-2-4-6-9)18-14-16-8-7-10(17-14)12(15)21/h2-8,11H,1H3,(H2,15,21)(H,16,17,18). The van der Waals surface area contributed by atoms with Crippen molar-refractivity contribution in [3.63, 3.8) is 0 Å². The number of esters is 1. The van der Waals surface area contributed by atoms with Gasteiger partial charge in [-0.05, 0) is 11.6 Å². The molecule has 2 rings (SSSR count). The Morgan fingerprint density at radius 2 is 2.05 bits per heavy atom. The molecule has 2 aromatic rings. The van der Waals surface area contributed by atoms with Gasteiger partial charge in [0, 0.05) is 6.20 Å². The molecule has 0 spiro atoms. The molecule has 0 saturated carbocycles. The first-order valence-corrected chi connectivity index (χ1v) is 6.55. The highest BCUT2D eigenvalue weighted by Gasteiger charge is 2.22. The van der Waals surface area contributed by atoms with E-state index in [1.165, 1.54) is 13.3 Å². The summed E-state index contributed by atoms with van der Waals surface area (Å²) in [5.41, 5.74) is 6.71. The van der Waals surface area contributed by atoms with Crippen LogP contribution in [0.3, 0.4) is 0 Å². The lowest BCUT2D eigenvalue weighted by atomic mass is 10.1. The molecule has 0 bridgehead atoms. The number of methoxy groups -OCH3 is 1. The summed E-state index contributed by atoms with van der Waals surface area (Å²) < 4.78 is 4.81. The zero-order valence-electron chi connectivity index (χ0n) is 11.3. The number of hydrogen-bond donors (Lipinski definition) is 2. The Morgan fingerprint density at radius 3 is 2.67 bits per heavy atom. The van der Waals surface area contributed by atoms with Crippen molar-refractivity contribution in [1.29, 1.82) is 0 Å². The van der Waals surface area contributed by atoms with Crippen molar-refractivity contribution in [2.45, 2.75) is 6.04 Å². The van der Waals surface area contributed by atoms with Gasteiger partial charge in [0.1, 0.15) is 10.7 Å². The molecule has 1 aromatic heterocycles. The predicted octanol–water partition coefficient (Wildman–Crippen LogP) is 1.44. The summed E-state index contributed by atoms with van der Waals surface area (Å²) in [5.74, 6) is -0.190. The first-order valence-electron chi connectivity index (χ1n) is 6.14. The summed E-state index contributed by atoms with van der Waals surface area (Å²) in [6.45, 7) is 0. The summed E-state index contributed by atoms with van der Waals surface area (Å²) >= 11 is 4.87. The van der Waals surface area contributed by atoms with Crippen LogP contribution in [-0.2, 0) is 9.53 Å². The van der Waals surface area contributed by atoms with Crippen LogP contribution in [0.25, 0.3) is 0 Å². The van der Waals surface area contributed by atoms with Crippen molar-refractivity contribution >= 4 is 29.1 Å². The average Bonchev–Trinajstić information content (AvgIpc) is 2.53. The van der Waals surface area contributed by atoms with Gasteiger partial charge in [-0.2, -0.15) is 0 Å². The molecular weight excluding hydrogens is 288 g/mol. The van der Waals surface area contributed by atoms with Crippen LogP contribution in [0.1, 0.15) is 17.3 Å². The van der Waals surface area contributed by atoms with Crippen molar-refractivity contribution in [3.8, 4) is 0 Å². The van der Waals surface area contributed by atoms with Crippen molar-refractivity contribution < 1.29 is 9.53 Å². The van der Waals surface area contributed by atoms with E-state index in [9.17, 15) is 4.79 Å². The molecule has 1 aromatic carbocycles. The fourth-order valence-corrected chi connectivity index (χ4v) is 1.85. The molecule has 1 atom stereocenters. The highest BCUT2D eigenvalue weighted by Crippen LogP contribution is 2.18. The van der Waals surface area contributed by atoms with Crippen LogP contribution in [0.15, 0.2) is 42.6 Å². The van der Waals surface area contributed by atoms with Crippen LogP contribution in [0.5, 0.6) is 0 Å². The van der Waals surface area contributed by atoms with Crippen molar-refractivity contribution in [3.05, 3.63) is 53.9 Å². The Hall–Kier alpha value is -2.54. The maximum Gasteiger partial charge on any atom is 0.333 e. The Labute approximate surface area is 127 Å². The Balaban J connectivity index is 2.29. The van der Waals surface area contributed by atoms with E-state index in [2.05, 4.69) is 15.3 Å². The summed E-state index contributed by atoms with van der Waals surface area (Å²) in [6.07, 6.45) is 1.52. The number of ether oxygens (including phenoxy) is 1. The number of nitrogens with two attached hydrogens (primary N) is 1. The quantitative estimate of drug-likeness (QED) is 0.638. The monoisotopic (exact) mass is 302 g/mol. The van der Waals surface area contributed by atoms with Gasteiger partial charge in [0.25, 0.3) is 0 Å². The number of nitrogens with zero attached hydrogens (tertiary/aromatic N) is 2. The van der Waals surface area contributed by atoms with E-state index in [4.69, 9.17) is 22.7 Å². The summed E-state index contributed by atoms with van der Waals surface area (Å²) in [4.78, 5) is 20.3. The second-order valence-electron chi connectivity index (χ2n) is 4.14. The minimum atomic E-state index is -0.710. The van der Waals surface area contributed by atoms with Gasteiger partial charge in [-0.15, -0.1) is 0 Å². The third-order valence-corrected chi connectivity index (χ3v) is 2.96. The second-order valence-corrected chi connectivity index (χ2v) is 4.58. The molecule has 0 fully saturated rings. The molecule has 1 unspecified atom stereocenters. The Bertz CT molecular complexity index is 648.